The third-order valence-corrected chi connectivity index (χ3v) is 7.91. The maximum absolute atomic E-state index is 12.3. The first-order valence-electron chi connectivity index (χ1n) is 10.3. The van der Waals surface area contributed by atoms with Gasteiger partial charge in [-0.3, -0.25) is 4.90 Å². The van der Waals surface area contributed by atoms with E-state index in [9.17, 15) is 8.42 Å². The maximum atomic E-state index is 12.3. The average Bonchev–Trinajstić information content (AvgIpc) is 2.66. The fourth-order valence-electron chi connectivity index (χ4n) is 3.45. The fraction of sp³-hybridized carbons (Fsp3) is 0.667. The van der Waals surface area contributed by atoms with E-state index in [0.717, 1.165) is 32.1 Å². The molecule has 2 rings (SSSR count). The number of rotatable bonds is 7. The number of guanidine groups is 1. The fourth-order valence-corrected chi connectivity index (χ4v) is 4.81. The van der Waals surface area contributed by atoms with Crippen LogP contribution in [0.3, 0.4) is 0 Å². The van der Waals surface area contributed by atoms with Gasteiger partial charge < -0.3 is 10.2 Å². The van der Waals surface area contributed by atoms with Gasteiger partial charge in [-0.15, -0.1) is 0 Å². The van der Waals surface area contributed by atoms with E-state index in [1.54, 1.807) is 13.8 Å². The minimum atomic E-state index is -3.06. The van der Waals surface area contributed by atoms with Crippen LogP contribution in [0.15, 0.2) is 29.3 Å². The molecule has 7 heteroatoms. The Bertz CT molecular complexity index is 770. The van der Waals surface area contributed by atoms with E-state index in [1.165, 1.54) is 11.1 Å². The van der Waals surface area contributed by atoms with E-state index in [4.69, 9.17) is 4.99 Å². The first-order valence-corrected chi connectivity index (χ1v) is 11.9. The van der Waals surface area contributed by atoms with Crippen LogP contribution in [0.2, 0.25) is 0 Å². The summed E-state index contributed by atoms with van der Waals surface area (Å²) in [7, 11) is -3.06. The SMILES string of the molecule is CCNC(=NCc1cccc(CN(CC)CC)c1)N1CCS(=O)(=O)C(C)(C)C1. The Kier molecular flexibility index (Phi) is 7.89. The summed E-state index contributed by atoms with van der Waals surface area (Å²) in [6.07, 6.45) is 0. The van der Waals surface area contributed by atoms with Crippen molar-refractivity contribution in [1.29, 1.82) is 0 Å². The van der Waals surface area contributed by atoms with Gasteiger partial charge in [0.1, 0.15) is 0 Å². The predicted molar refractivity (Wildman–Crippen MR) is 117 cm³/mol. The summed E-state index contributed by atoms with van der Waals surface area (Å²) in [5, 5.41) is 3.33. The highest BCUT2D eigenvalue weighted by molar-refractivity contribution is 7.92. The zero-order chi connectivity index (χ0) is 20.8. The van der Waals surface area contributed by atoms with Gasteiger partial charge >= 0.3 is 0 Å². The molecule has 158 valence electrons. The van der Waals surface area contributed by atoms with Gasteiger partial charge in [0.25, 0.3) is 0 Å². The van der Waals surface area contributed by atoms with Crippen LogP contribution >= 0.6 is 0 Å². The van der Waals surface area contributed by atoms with E-state index in [2.05, 4.69) is 53.2 Å². The quantitative estimate of drug-likeness (QED) is 0.555. The van der Waals surface area contributed by atoms with E-state index < -0.39 is 14.6 Å². The Morgan fingerprint density at radius 1 is 1.21 bits per heavy atom. The first kappa shape index (κ1) is 22.7. The molecule has 1 saturated heterocycles. The van der Waals surface area contributed by atoms with Crippen LogP contribution in [0.25, 0.3) is 0 Å². The third-order valence-electron chi connectivity index (χ3n) is 5.38. The van der Waals surface area contributed by atoms with Crippen LogP contribution in [-0.2, 0) is 22.9 Å². The highest BCUT2D eigenvalue weighted by Crippen LogP contribution is 2.23. The minimum absolute atomic E-state index is 0.170. The summed E-state index contributed by atoms with van der Waals surface area (Å²) in [5.41, 5.74) is 2.47. The Morgan fingerprint density at radius 2 is 1.89 bits per heavy atom. The summed E-state index contributed by atoms with van der Waals surface area (Å²) in [6, 6.07) is 8.57. The molecule has 0 unspecified atom stereocenters. The van der Waals surface area contributed by atoms with E-state index in [-0.39, 0.29) is 5.75 Å². The summed E-state index contributed by atoms with van der Waals surface area (Å²) < 4.78 is 23.8. The Hall–Kier alpha value is -1.60. The smallest absolute Gasteiger partial charge is 0.194 e. The molecular formula is C21H36N4O2S. The van der Waals surface area contributed by atoms with Crippen LogP contribution in [0, 0.1) is 0 Å². The van der Waals surface area contributed by atoms with Crippen molar-refractivity contribution in [2.45, 2.75) is 52.5 Å². The molecule has 0 saturated carbocycles. The lowest BCUT2D eigenvalue weighted by molar-refractivity contribution is 0.296. The molecular weight excluding hydrogens is 372 g/mol. The molecule has 0 aromatic heterocycles. The van der Waals surface area contributed by atoms with Gasteiger partial charge in [0.05, 0.1) is 17.0 Å². The maximum Gasteiger partial charge on any atom is 0.194 e. The minimum Gasteiger partial charge on any atom is -0.357 e. The van der Waals surface area contributed by atoms with Gasteiger partial charge in [0.15, 0.2) is 15.8 Å². The highest BCUT2D eigenvalue weighted by Gasteiger charge is 2.40. The number of benzene rings is 1. The van der Waals surface area contributed by atoms with Crippen molar-refractivity contribution in [3.05, 3.63) is 35.4 Å². The number of hydrogen-bond acceptors (Lipinski definition) is 4. The lowest BCUT2D eigenvalue weighted by atomic mass is 10.1. The predicted octanol–water partition coefficient (Wildman–Crippen LogP) is 2.50. The molecule has 1 N–H and O–H groups in total. The second kappa shape index (κ2) is 9.74. The van der Waals surface area contributed by atoms with Crippen LogP contribution in [0.4, 0.5) is 0 Å². The van der Waals surface area contributed by atoms with Crippen molar-refractivity contribution < 1.29 is 8.42 Å². The topological polar surface area (TPSA) is 65.0 Å². The van der Waals surface area contributed by atoms with Gasteiger partial charge in [0.2, 0.25) is 0 Å². The molecule has 1 aliphatic rings. The monoisotopic (exact) mass is 408 g/mol. The Morgan fingerprint density at radius 3 is 2.50 bits per heavy atom. The molecule has 1 aromatic carbocycles. The van der Waals surface area contributed by atoms with Crippen LogP contribution in [0.1, 0.15) is 45.7 Å². The molecule has 1 fully saturated rings. The Balaban J connectivity index is 2.13. The summed E-state index contributed by atoms with van der Waals surface area (Å²) in [4.78, 5) is 9.27. The molecule has 0 radical (unpaired) electrons. The lowest BCUT2D eigenvalue weighted by Crippen LogP contribution is -2.57. The summed E-state index contributed by atoms with van der Waals surface area (Å²) >= 11 is 0. The van der Waals surface area contributed by atoms with Gasteiger partial charge in [0, 0.05) is 26.2 Å². The van der Waals surface area contributed by atoms with Crippen molar-refractivity contribution in [3.8, 4) is 0 Å². The van der Waals surface area contributed by atoms with Crippen molar-refractivity contribution in [1.82, 2.24) is 15.1 Å². The largest absolute Gasteiger partial charge is 0.357 e. The van der Waals surface area contributed by atoms with E-state index in [0.29, 0.717) is 19.6 Å². The molecule has 28 heavy (non-hydrogen) atoms. The van der Waals surface area contributed by atoms with Gasteiger partial charge in [-0.1, -0.05) is 38.1 Å². The summed E-state index contributed by atoms with van der Waals surface area (Å²) in [5.74, 6) is 0.962. The molecule has 0 amide bonds. The van der Waals surface area contributed by atoms with E-state index >= 15 is 0 Å². The number of nitrogens with one attached hydrogen (secondary N) is 1. The molecule has 1 aliphatic heterocycles. The molecule has 1 heterocycles. The molecule has 0 aliphatic carbocycles. The lowest BCUT2D eigenvalue weighted by Gasteiger charge is -2.39. The average molecular weight is 409 g/mol. The number of hydrogen-bond donors (Lipinski definition) is 1. The van der Waals surface area contributed by atoms with Gasteiger partial charge in [-0.2, -0.15) is 0 Å². The molecule has 0 bridgehead atoms. The zero-order valence-corrected chi connectivity index (χ0v) is 18.8. The Labute approximate surface area is 170 Å². The third kappa shape index (κ3) is 5.70. The zero-order valence-electron chi connectivity index (χ0n) is 18.0. The second-order valence-electron chi connectivity index (χ2n) is 7.95. The molecule has 6 nitrogen and oxygen atoms in total. The van der Waals surface area contributed by atoms with Gasteiger partial charge in [-0.25, -0.2) is 13.4 Å². The van der Waals surface area contributed by atoms with Crippen molar-refractivity contribution in [2.24, 2.45) is 4.99 Å². The van der Waals surface area contributed by atoms with E-state index in [1.807, 2.05) is 6.92 Å². The van der Waals surface area contributed by atoms with Crippen LogP contribution < -0.4 is 5.32 Å². The van der Waals surface area contributed by atoms with Crippen molar-refractivity contribution in [2.75, 3.05) is 38.5 Å². The number of sulfone groups is 1. The molecule has 0 atom stereocenters. The highest BCUT2D eigenvalue weighted by atomic mass is 32.2. The molecule has 1 aromatic rings. The van der Waals surface area contributed by atoms with Crippen LogP contribution in [0.5, 0.6) is 0 Å². The second-order valence-corrected chi connectivity index (χ2v) is 10.7. The number of nitrogens with zero attached hydrogens (tertiary/aromatic N) is 3. The van der Waals surface area contributed by atoms with Gasteiger partial charge in [-0.05, 0) is 45.0 Å². The summed E-state index contributed by atoms with van der Waals surface area (Å²) in [6.45, 7) is 15.3. The standard InChI is InChI=1S/C21H36N4O2S/c1-6-22-20(25-12-13-28(26,27)21(4,5)17-25)23-15-18-10-9-11-19(14-18)16-24(7-2)8-3/h9-11,14H,6-8,12-13,15-17H2,1-5H3,(H,22,23). The normalized spacial score (nSPS) is 19.1. The van der Waals surface area contributed by atoms with Crippen molar-refractivity contribution >= 4 is 15.8 Å². The van der Waals surface area contributed by atoms with Crippen LogP contribution in [-0.4, -0.2) is 67.4 Å². The number of aliphatic imine (C=N–C) groups is 1. The molecule has 0 spiro atoms. The van der Waals surface area contributed by atoms with Crippen molar-refractivity contribution in [3.63, 3.8) is 0 Å². The first-order chi connectivity index (χ1) is 13.2.